The smallest absolute Gasteiger partial charge is 0.417 e. The van der Waals surface area contributed by atoms with Crippen molar-refractivity contribution in [2.75, 3.05) is 33.5 Å². The van der Waals surface area contributed by atoms with E-state index in [9.17, 15) is 24.4 Å². The Balaban J connectivity index is 1.71. The molecular weight excluding hydrogens is 663 g/mol. The van der Waals surface area contributed by atoms with Gasteiger partial charge < -0.3 is 37.5 Å². The van der Waals surface area contributed by atoms with Gasteiger partial charge in [-0.1, -0.05) is 6.42 Å². The second-order valence-corrected chi connectivity index (χ2v) is 14.2. The van der Waals surface area contributed by atoms with E-state index in [2.05, 4.69) is 11.1 Å². The van der Waals surface area contributed by atoms with Crippen LogP contribution in [0.4, 0.5) is 0 Å². The van der Waals surface area contributed by atoms with E-state index >= 15 is 0 Å². The molecule has 3 heterocycles. The minimum absolute atomic E-state index is 0.0563. The summed E-state index contributed by atoms with van der Waals surface area (Å²) in [4.78, 5) is 52.9. The Morgan fingerprint density at radius 1 is 1.10 bits per heavy atom. The van der Waals surface area contributed by atoms with Crippen LogP contribution < -0.4 is 11.2 Å². The van der Waals surface area contributed by atoms with Gasteiger partial charge in [0.25, 0.3) is 14.1 Å². The molecule has 2 aliphatic heterocycles. The van der Waals surface area contributed by atoms with Crippen molar-refractivity contribution in [3.8, 4) is 6.07 Å². The van der Waals surface area contributed by atoms with E-state index in [1.54, 1.807) is 0 Å². The van der Waals surface area contributed by atoms with Crippen LogP contribution >= 0.6 is 8.53 Å². The molecule has 16 nitrogen and oxygen atoms in total. The Morgan fingerprint density at radius 2 is 1.80 bits per heavy atom. The zero-order chi connectivity index (χ0) is 35.6. The number of aromatic amines is 1. The predicted octanol–water partition coefficient (Wildman–Crippen LogP) is 3.05. The number of hydrogen-bond donors (Lipinski definition) is 1. The van der Waals surface area contributed by atoms with Crippen molar-refractivity contribution in [3.05, 3.63) is 33.1 Å². The quantitative estimate of drug-likeness (QED) is 0.0918. The minimum Gasteiger partial charge on any atom is -0.454 e. The summed E-state index contributed by atoms with van der Waals surface area (Å²) in [5, 5.41) is 9.23. The van der Waals surface area contributed by atoms with Crippen LogP contribution in [0.5, 0.6) is 0 Å². The monoisotopic (exact) mass is 712 g/mol. The summed E-state index contributed by atoms with van der Waals surface area (Å²) in [6.45, 7) is 8.22. The van der Waals surface area contributed by atoms with Crippen LogP contribution in [-0.2, 0) is 47.1 Å². The molecule has 0 spiro atoms. The lowest BCUT2D eigenvalue weighted by Crippen LogP contribution is -2.50. The first-order chi connectivity index (χ1) is 23.5. The number of nitrogens with zero attached hydrogens (tertiary/aromatic N) is 3. The molecule has 49 heavy (non-hydrogen) atoms. The van der Waals surface area contributed by atoms with Gasteiger partial charge in [-0.25, -0.2) is 19.1 Å². The number of methoxy groups -OCH3 is 1. The molecule has 5 atom stereocenters. The van der Waals surface area contributed by atoms with E-state index in [0.717, 1.165) is 23.8 Å². The highest BCUT2D eigenvalue weighted by Gasteiger charge is 2.54. The van der Waals surface area contributed by atoms with Crippen molar-refractivity contribution in [2.45, 2.75) is 128 Å². The maximum atomic E-state index is 13.1. The third-order valence-corrected chi connectivity index (χ3v) is 10.8. The van der Waals surface area contributed by atoms with Gasteiger partial charge >= 0.3 is 17.6 Å². The molecule has 0 bridgehead atoms. The molecule has 4 rings (SSSR count). The number of ether oxygens (including phenoxy) is 6. The third-order valence-electron chi connectivity index (χ3n) is 8.63. The Kier molecular flexibility index (Phi) is 14.7. The van der Waals surface area contributed by atoms with Crippen molar-refractivity contribution in [2.24, 2.45) is 0 Å². The van der Waals surface area contributed by atoms with Crippen LogP contribution in [0.15, 0.2) is 21.9 Å². The molecule has 0 radical (unpaired) electrons. The summed E-state index contributed by atoms with van der Waals surface area (Å²) in [5.74, 6) is -3.45. The van der Waals surface area contributed by atoms with E-state index in [0.29, 0.717) is 38.9 Å². The van der Waals surface area contributed by atoms with Crippen molar-refractivity contribution in [1.82, 2.24) is 14.2 Å². The van der Waals surface area contributed by atoms with Gasteiger partial charge in [-0.3, -0.25) is 14.3 Å². The number of nitrogens with one attached hydrogen (secondary N) is 1. The fourth-order valence-electron chi connectivity index (χ4n) is 6.24. The second kappa shape index (κ2) is 18.5. The molecule has 0 amide bonds. The Labute approximate surface area is 287 Å². The number of esters is 2. The number of nitriles is 1. The lowest BCUT2D eigenvalue weighted by atomic mass is 9.98. The molecular formula is C32H49N4O12P. The van der Waals surface area contributed by atoms with Crippen molar-refractivity contribution < 1.29 is 47.1 Å². The van der Waals surface area contributed by atoms with Crippen molar-refractivity contribution in [1.29, 1.82) is 5.26 Å². The lowest BCUT2D eigenvalue weighted by Gasteiger charge is -2.41. The van der Waals surface area contributed by atoms with Crippen molar-refractivity contribution >= 4 is 20.5 Å². The number of hydrogen-bond acceptors (Lipinski definition) is 14. The first kappa shape index (κ1) is 39.1. The SMILES string of the molecule is COC1(O[C@@H]2[C@H](OP(OCCC#N)N(C(C)C)C(C)C)[C@@H](COC(=O)C(=O)OC3CCCCC3)O[C@H]2n2ccc(=O)[nH]c2=O)CCOCC1. The summed E-state index contributed by atoms with van der Waals surface area (Å²) in [7, 11) is -0.388. The molecule has 3 fully saturated rings. The average Bonchev–Trinajstić information content (AvgIpc) is 3.39. The maximum Gasteiger partial charge on any atom is 0.417 e. The number of carbonyl (C=O) groups excluding carboxylic acids is 2. The lowest BCUT2D eigenvalue weighted by molar-refractivity contribution is -0.292. The number of aromatic nitrogens is 2. The molecule has 0 aromatic carbocycles. The molecule has 2 saturated heterocycles. The van der Waals surface area contributed by atoms with E-state index in [1.807, 2.05) is 32.4 Å². The highest BCUT2D eigenvalue weighted by Crippen LogP contribution is 2.51. The Morgan fingerprint density at radius 3 is 2.41 bits per heavy atom. The summed E-state index contributed by atoms with van der Waals surface area (Å²) in [6, 6.07) is 3.13. The maximum absolute atomic E-state index is 13.1. The van der Waals surface area contributed by atoms with Crippen molar-refractivity contribution in [3.63, 3.8) is 0 Å². The normalized spacial score (nSPS) is 25.0. The van der Waals surface area contributed by atoms with Gasteiger partial charge in [0.05, 0.1) is 32.3 Å². The van der Waals surface area contributed by atoms with Gasteiger partial charge in [0.2, 0.25) is 0 Å². The van der Waals surface area contributed by atoms with Crippen LogP contribution in [0, 0.1) is 11.3 Å². The first-order valence-corrected chi connectivity index (χ1v) is 18.0. The molecule has 1 unspecified atom stereocenters. The van der Waals surface area contributed by atoms with Crippen LogP contribution in [-0.4, -0.2) is 102 Å². The molecule has 1 saturated carbocycles. The number of rotatable bonds is 15. The number of carbonyl (C=O) groups is 2. The van der Waals surface area contributed by atoms with Gasteiger partial charge in [-0.15, -0.1) is 0 Å². The van der Waals surface area contributed by atoms with E-state index in [-0.39, 0.29) is 31.2 Å². The summed E-state index contributed by atoms with van der Waals surface area (Å²) in [6.07, 6.45) is 1.50. The summed E-state index contributed by atoms with van der Waals surface area (Å²) < 4.78 is 51.5. The molecule has 274 valence electrons. The largest absolute Gasteiger partial charge is 0.454 e. The topological polar surface area (TPSA) is 190 Å². The van der Waals surface area contributed by atoms with Gasteiger partial charge in [0.15, 0.2) is 12.0 Å². The molecule has 1 aliphatic carbocycles. The van der Waals surface area contributed by atoms with Gasteiger partial charge in [0.1, 0.15) is 31.0 Å². The van der Waals surface area contributed by atoms with Gasteiger partial charge in [-0.2, -0.15) is 5.26 Å². The fourth-order valence-corrected chi connectivity index (χ4v) is 8.01. The van der Waals surface area contributed by atoms with Crippen LogP contribution in [0.1, 0.15) is 85.3 Å². The van der Waals surface area contributed by atoms with E-state index in [1.165, 1.54) is 19.4 Å². The zero-order valence-corrected chi connectivity index (χ0v) is 29.8. The highest BCUT2D eigenvalue weighted by atomic mass is 31.2. The zero-order valence-electron chi connectivity index (χ0n) is 28.9. The first-order valence-electron chi connectivity index (χ1n) is 16.9. The third kappa shape index (κ3) is 10.4. The fraction of sp³-hybridized carbons (Fsp3) is 0.781. The number of H-pyrrole nitrogens is 1. The Hall–Kier alpha value is -2.74. The minimum atomic E-state index is -1.89. The van der Waals surface area contributed by atoms with Gasteiger partial charge in [-0.05, 0) is 53.4 Å². The standard InChI is InChI=1S/C32H49N4O12P/c1-21(2)36(22(3)4)49(44-17-9-15-33)48-26-24(20-43-29(38)30(39)45-23-10-7-6-8-11-23)46-28(35-16-12-25(37)34-31(35)40)27(26)47-32(41-5)13-18-42-19-14-32/h12,16,21-24,26-28H,6-11,13-14,17-20H2,1-5H3,(H,34,37,40)/t24-,26-,27-,28-,49?/m1/s1. The van der Waals surface area contributed by atoms with Crippen LogP contribution in [0.3, 0.4) is 0 Å². The predicted molar refractivity (Wildman–Crippen MR) is 174 cm³/mol. The molecule has 17 heteroatoms. The second-order valence-electron chi connectivity index (χ2n) is 12.8. The Bertz CT molecular complexity index is 1380. The van der Waals surface area contributed by atoms with Crippen LogP contribution in [0.25, 0.3) is 0 Å². The van der Waals surface area contributed by atoms with Crippen LogP contribution in [0.2, 0.25) is 0 Å². The molecule has 3 aliphatic rings. The summed E-state index contributed by atoms with van der Waals surface area (Å²) in [5.41, 5.74) is -1.38. The average molecular weight is 713 g/mol. The highest BCUT2D eigenvalue weighted by molar-refractivity contribution is 7.44. The van der Waals surface area contributed by atoms with E-state index < -0.39 is 68.6 Å². The molecule has 1 aromatic heterocycles. The summed E-state index contributed by atoms with van der Waals surface area (Å²) >= 11 is 0. The van der Waals surface area contributed by atoms with E-state index in [4.69, 9.17) is 37.5 Å². The molecule has 1 N–H and O–H groups in total. The molecule has 1 aromatic rings. The van der Waals surface area contributed by atoms with Gasteiger partial charge in [0, 0.05) is 44.3 Å².